The fourth-order valence-corrected chi connectivity index (χ4v) is 1.34. The number of benzene rings is 1. The molecule has 15 heavy (non-hydrogen) atoms. The predicted octanol–water partition coefficient (Wildman–Crippen LogP) is 1.91. The van der Waals surface area contributed by atoms with Crippen molar-refractivity contribution < 1.29 is 9.84 Å². The molecule has 84 valence electrons. The summed E-state index contributed by atoms with van der Waals surface area (Å²) in [6, 6.07) is 7.77. The van der Waals surface area contributed by atoms with Gasteiger partial charge in [-0.25, -0.2) is 0 Å². The van der Waals surface area contributed by atoms with Crippen molar-refractivity contribution in [1.82, 2.24) is 5.32 Å². The first-order valence-corrected chi connectivity index (χ1v) is 5.23. The van der Waals surface area contributed by atoms with Crippen molar-refractivity contribution >= 4 is 0 Å². The number of hydrogen-bond donors (Lipinski definition) is 2. The van der Waals surface area contributed by atoms with E-state index in [1.54, 1.807) is 13.2 Å². The van der Waals surface area contributed by atoms with Crippen LogP contribution in [0, 0.1) is 0 Å². The lowest BCUT2D eigenvalue weighted by Gasteiger charge is -2.13. The molecule has 0 fully saturated rings. The number of methoxy groups -OCH3 is 1. The van der Waals surface area contributed by atoms with Crippen molar-refractivity contribution in [2.24, 2.45) is 0 Å². The van der Waals surface area contributed by atoms with E-state index in [4.69, 9.17) is 4.74 Å². The lowest BCUT2D eigenvalue weighted by atomic mass is 10.2. The first-order chi connectivity index (χ1) is 7.24. The standard InChI is InChI=1S/C12H19NO2/c1-10(7-8-15-2)13-9-11-5-3-4-6-12(11)14/h3-6,10,13-14H,7-9H2,1-2H3. The number of phenols is 1. The minimum atomic E-state index is 0.351. The topological polar surface area (TPSA) is 41.5 Å². The van der Waals surface area contributed by atoms with Crippen molar-refractivity contribution in [3.8, 4) is 5.75 Å². The molecule has 0 radical (unpaired) electrons. The van der Waals surface area contributed by atoms with Crippen molar-refractivity contribution in [3.05, 3.63) is 29.8 Å². The highest BCUT2D eigenvalue weighted by Gasteiger charge is 2.03. The van der Waals surface area contributed by atoms with Crippen molar-refractivity contribution in [2.75, 3.05) is 13.7 Å². The molecule has 0 aromatic heterocycles. The minimum absolute atomic E-state index is 0.351. The summed E-state index contributed by atoms with van der Waals surface area (Å²) >= 11 is 0. The van der Waals surface area contributed by atoms with E-state index in [0.717, 1.165) is 18.6 Å². The van der Waals surface area contributed by atoms with Gasteiger partial charge in [0.05, 0.1) is 0 Å². The van der Waals surface area contributed by atoms with Gasteiger partial charge in [-0.2, -0.15) is 0 Å². The van der Waals surface area contributed by atoms with Gasteiger partial charge in [0.15, 0.2) is 0 Å². The van der Waals surface area contributed by atoms with E-state index in [1.807, 2.05) is 18.2 Å². The van der Waals surface area contributed by atoms with Crippen LogP contribution in [-0.2, 0) is 11.3 Å². The van der Waals surface area contributed by atoms with Crippen LogP contribution in [0.2, 0.25) is 0 Å². The molecule has 0 amide bonds. The molecule has 0 spiro atoms. The first kappa shape index (κ1) is 12.0. The monoisotopic (exact) mass is 209 g/mol. The number of phenolic OH excluding ortho intramolecular Hbond substituents is 1. The number of hydrogen-bond acceptors (Lipinski definition) is 3. The lowest BCUT2D eigenvalue weighted by Crippen LogP contribution is -2.26. The van der Waals surface area contributed by atoms with Crippen LogP contribution in [0.25, 0.3) is 0 Å². The Bertz CT molecular complexity index is 289. The van der Waals surface area contributed by atoms with Crippen LogP contribution in [0.3, 0.4) is 0 Å². The molecule has 1 unspecified atom stereocenters. The van der Waals surface area contributed by atoms with Gasteiger partial charge in [-0.1, -0.05) is 18.2 Å². The summed E-state index contributed by atoms with van der Waals surface area (Å²) in [7, 11) is 1.70. The number of ether oxygens (including phenoxy) is 1. The zero-order valence-corrected chi connectivity index (χ0v) is 9.36. The highest BCUT2D eigenvalue weighted by molar-refractivity contribution is 5.31. The van der Waals surface area contributed by atoms with Crippen LogP contribution >= 0.6 is 0 Å². The number of para-hydroxylation sites is 1. The lowest BCUT2D eigenvalue weighted by molar-refractivity contribution is 0.184. The van der Waals surface area contributed by atoms with Crippen LogP contribution < -0.4 is 5.32 Å². The van der Waals surface area contributed by atoms with Gasteiger partial charge in [0.25, 0.3) is 0 Å². The van der Waals surface area contributed by atoms with Crippen LogP contribution in [0.4, 0.5) is 0 Å². The number of rotatable bonds is 6. The van der Waals surface area contributed by atoms with E-state index in [-0.39, 0.29) is 0 Å². The molecule has 1 rings (SSSR count). The average molecular weight is 209 g/mol. The molecule has 0 bridgehead atoms. The van der Waals surface area contributed by atoms with E-state index in [1.165, 1.54) is 0 Å². The van der Waals surface area contributed by atoms with Gasteiger partial charge in [0.1, 0.15) is 5.75 Å². The molecule has 0 saturated carbocycles. The molecule has 0 saturated heterocycles. The van der Waals surface area contributed by atoms with E-state index < -0.39 is 0 Å². The average Bonchev–Trinajstić information content (AvgIpc) is 2.25. The van der Waals surface area contributed by atoms with E-state index in [0.29, 0.717) is 18.3 Å². The Balaban J connectivity index is 2.33. The van der Waals surface area contributed by atoms with Gasteiger partial charge in [-0.3, -0.25) is 0 Å². The van der Waals surface area contributed by atoms with Gasteiger partial charge >= 0.3 is 0 Å². The molecular formula is C12H19NO2. The van der Waals surface area contributed by atoms with E-state index in [2.05, 4.69) is 12.2 Å². The summed E-state index contributed by atoms with van der Waals surface area (Å²) < 4.78 is 5.00. The molecule has 0 aliphatic heterocycles. The molecular weight excluding hydrogens is 190 g/mol. The fraction of sp³-hybridized carbons (Fsp3) is 0.500. The zero-order chi connectivity index (χ0) is 11.1. The summed E-state index contributed by atoms with van der Waals surface area (Å²) in [4.78, 5) is 0. The Morgan fingerprint density at radius 1 is 1.40 bits per heavy atom. The highest BCUT2D eigenvalue weighted by Crippen LogP contribution is 2.15. The number of aromatic hydroxyl groups is 1. The van der Waals surface area contributed by atoms with Gasteiger partial charge in [-0.15, -0.1) is 0 Å². The zero-order valence-electron chi connectivity index (χ0n) is 9.36. The molecule has 3 nitrogen and oxygen atoms in total. The number of nitrogens with one attached hydrogen (secondary N) is 1. The molecule has 1 aromatic carbocycles. The maximum atomic E-state index is 9.53. The predicted molar refractivity (Wildman–Crippen MR) is 60.9 cm³/mol. The molecule has 0 aliphatic rings. The van der Waals surface area contributed by atoms with Crippen LogP contribution in [0.5, 0.6) is 5.75 Å². The molecule has 0 heterocycles. The van der Waals surface area contributed by atoms with Gasteiger partial charge in [0.2, 0.25) is 0 Å². The quantitative estimate of drug-likeness (QED) is 0.752. The Labute approximate surface area is 91.1 Å². The summed E-state index contributed by atoms with van der Waals surface area (Å²) in [5.41, 5.74) is 0.932. The second-order valence-electron chi connectivity index (χ2n) is 3.69. The van der Waals surface area contributed by atoms with Crippen molar-refractivity contribution in [1.29, 1.82) is 0 Å². The Kier molecular flexibility index (Phi) is 5.15. The Morgan fingerprint density at radius 3 is 2.80 bits per heavy atom. The van der Waals surface area contributed by atoms with Crippen LogP contribution in [-0.4, -0.2) is 24.9 Å². The molecule has 3 heteroatoms. The normalized spacial score (nSPS) is 12.7. The first-order valence-electron chi connectivity index (χ1n) is 5.23. The van der Waals surface area contributed by atoms with Crippen molar-refractivity contribution in [2.45, 2.75) is 25.9 Å². The minimum Gasteiger partial charge on any atom is -0.508 e. The maximum absolute atomic E-state index is 9.53. The van der Waals surface area contributed by atoms with Gasteiger partial charge in [0, 0.05) is 31.9 Å². The maximum Gasteiger partial charge on any atom is 0.120 e. The Hall–Kier alpha value is -1.06. The summed E-state index contributed by atoms with van der Waals surface area (Å²) in [5.74, 6) is 0.351. The smallest absolute Gasteiger partial charge is 0.120 e. The molecule has 1 atom stereocenters. The third-order valence-corrected chi connectivity index (χ3v) is 2.39. The molecule has 1 aromatic rings. The van der Waals surface area contributed by atoms with Crippen LogP contribution in [0.1, 0.15) is 18.9 Å². The highest BCUT2D eigenvalue weighted by atomic mass is 16.5. The van der Waals surface area contributed by atoms with E-state index in [9.17, 15) is 5.11 Å². The third kappa shape index (κ3) is 4.32. The van der Waals surface area contributed by atoms with E-state index >= 15 is 0 Å². The van der Waals surface area contributed by atoms with Gasteiger partial charge in [-0.05, 0) is 19.4 Å². The summed E-state index contributed by atoms with van der Waals surface area (Å²) in [5, 5.41) is 12.9. The van der Waals surface area contributed by atoms with Crippen LogP contribution in [0.15, 0.2) is 24.3 Å². The summed E-state index contributed by atoms with van der Waals surface area (Å²) in [6.45, 7) is 3.56. The molecule has 0 aliphatic carbocycles. The fourth-order valence-electron chi connectivity index (χ4n) is 1.34. The Morgan fingerprint density at radius 2 is 2.13 bits per heavy atom. The molecule has 2 N–H and O–H groups in total. The van der Waals surface area contributed by atoms with Gasteiger partial charge < -0.3 is 15.2 Å². The second-order valence-corrected chi connectivity index (χ2v) is 3.69. The summed E-state index contributed by atoms with van der Waals surface area (Å²) in [6.07, 6.45) is 0.976. The third-order valence-electron chi connectivity index (χ3n) is 2.39. The van der Waals surface area contributed by atoms with Crippen molar-refractivity contribution in [3.63, 3.8) is 0 Å². The SMILES string of the molecule is COCCC(C)NCc1ccccc1O. The second kappa shape index (κ2) is 6.43. The largest absolute Gasteiger partial charge is 0.508 e.